The molecular formula is C7H5NNiO4. The maximum absolute atomic E-state index is 10.3. The second-order valence-electron chi connectivity index (χ2n) is 2.11. The van der Waals surface area contributed by atoms with E-state index >= 15 is 0 Å². The molecule has 0 unspecified atom stereocenters. The Hall–Kier alpha value is -1.42. The van der Waals surface area contributed by atoms with E-state index in [0.29, 0.717) is 0 Å². The molecule has 5 nitrogen and oxygen atoms in total. The molecule has 6 heteroatoms. The van der Waals surface area contributed by atoms with Crippen molar-refractivity contribution in [2.45, 2.75) is 0 Å². The van der Waals surface area contributed by atoms with Gasteiger partial charge in [0.25, 0.3) is 5.69 Å². The van der Waals surface area contributed by atoms with Crippen LogP contribution in [-0.4, -0.2) is 16.0 Å². The third kappa shape index (κ3) is 2.84. The number of nitro benzene ring substituents is 1. The molecule has 0 fully saturated rings. The number of nitrogens with zero attached hydrogens (tertiary/aromatic N) is 1. The van der Waals surface area contributed by atoms with Gasteiger partial charge in [0.05, 0.1) is 10.5 Å². The first-order chi connectivity index (χ1) is 5.61. The smallest absolute Gasteiger partial charge is 0.335 e. The predicted octanol–water partition coefficient (Wildman–Crippen LogP) is 1.29. The van der Waals surface area contributed by atoms with Crippen LogP contribution in [0.3, 0.4) is 0 Å². The van der Waals surface area contributed by atoms with Crippen molar-refractivity contribution in [2.75, 3.05) is 0 Å². The van der Waals surface area contributed by atoms with Crippen LogP contribution in [0.5, 0.6) is 0 Å². The number of carbonyl (C=O) groups is 1. The number of carboxylic acids is 1. The van der Waals surface area contributed by atoms with Crippen LogP contribution in [-0.2, 0) is 16.5 Å². The minimum absolute atomic E-state index is 0. The van der Waals surface area contributed by atoms with Gasteiger partial charge in [-0.05, 0) is 12.1 Å². The Morgan fingerprint density at radius 1 is 1.31 bits per heavy atom. The van der Waals surface area contributed by atoms with Gasteiger partial charge in [0, 0.05) is 28.6 Å². The van der Waals surface area contributed by atoms with Gasteiger partial charge in [0.1, 0.15) is 0 Å². The van der Waals surface area contributed by atoms with Gasteiger partial charge in [-0.15, -0.1) is 0 Å². The average Bonchev–Trinajstić information content (AvgIpc) is 2.04. The summed E-state index contributed by atoms with van der Waals surface area (Å²) in [5.74, 6) is -1.09. The molecule has 0 aromatic heterocycles. The number of non-ortho nitro benzene ring substituents is 1. The molecule has 0 aliphatic heterocycles. The Morgan fingerprint density at radius 3 is 2.08 bits per heavy atom. The van der Waals surface area contributed by atoms with E-state index in [1.165, 1.54) is 12.1 Å². The number of carboxylic acid groups (broad SMARTS) is 1. The zero-order valence-corrected chi connectivity index (χ0v) is 7.23. The third-order valence-electron chi connectivity index (χ3n) is 1.33. The molecule has 1 aromatic rings. The number of hydrogen-bond donors (Lipinski definition) is 1. The molecule has 1 rings (SSSR count). The van der Waals surface area contributed by atoms with Gasteiger partial charge in [-0.2, -0.15) is 0 Å². The molecule has 0 saturated carbocycles. The van der Waals surface area contributed by atoms with Gasteiger partial charge in [-0.1, -0.05) is 0 Å². The summed E-state index contributed by atoms with van der Waals surface area (Å²) in [5, 5.41) is 18.6. The van der Waals surface area contributed by atoms with Crippen LogP contribution in [0.2, 0.25) is 0 Å². The van der Waals surface area contributed by atoms with Crippen molar-refractivity contribution in [2.24, 2.45) is 0 Å². The van der Waals surface area contributed by atoms with Crippen LogP contribution in [0.4, 0.5) is 5.69 Å². The molecule has 0 bridgehead atoms. The van der Waals surface area contributed by atoms with Gasteiger partial charge in [-0.25, -0.2) is 4.79 Å². The zero-order valence-electron chi connectivity index (χ0n) is 6.24. The summed E-state index contributed by atoms with van der Waals surface area (Å²) in [5.41, 5.74) is -0.0689. The molecule has 1 aromatic carbocycles. The number of aromatic carboxylic acids is 1. The second kappa shape index (κ2) is 4.57. The van der Waals surface area contributed by atoms with Crippen molar-refractivity contribution in [1.82, 2.24) is 0 Å². The summed E-state index contributed by atoms with van der Waals surface area (Å²) < 4.78 is 0. The summed E-state index contributed by atoms with van der Waals surface area (Å²) in [6.45, 7) is 0. The van der Waals surface area contributed by atoms with Crippen molar-refractivity contribution in [3.8, 4) is 0 Å². The first-order valence-corrected chi connectivity index (χ1v) is 3.09. The minimum atomic E-state index is -1.09. The molecule has 0 heterocycles. The van der Waals surface area contributed by atoms with Crippen LogP contribution >= 0.6 is 0 Å². The van der Waals surface area contributed by atoms with Gasteiger partial charge < -0.3 is 5.11 Å². The molecule has 13 heavy (non-hydrogen) atoms. The first kappa shape index (κ1) is 11.6. The Bertz CT molecular complexity index is 289. The largest absolute Gasteiger partial charge is 0.478 e. The maximum atomic E-state index is 10.3. The number of hydrogen-bond acceptors (Lipinski definition) is 3. The van der Waals surface area contributed by atoms with Crippen LogP contribution in [0.1, 0.15) is 10.4 Å². The van der Waals surface area contributed by atoms with E-state index in [1.54, 1.807) is 0 Å². The number of nitro groups is 1. The van der Waals surface area contributed by atoms with Crippen LogP contribution in [0.15, 0.2) is 24.3 Å². The summed E-state index contributed by atoms with van der Waals surface area (Å²) in [6, 6.07) is 4.70. The van der Waals surface area contributed by atoms with Crippen LogP contribution in [0, 0.1) is 10.1 Å². The average molecular weight is 226 g/mol. The van der Waals surface area contributed by atoms with E-state index < -0.39 is 10.9 Å². The molecule has 1 N–H and O–H groups in total. The van der Waals surface area contributed by atoms with E-state index in [2.05, 4.69) is 0 Å². The first-order valence-electron chi connectivity index (χ1n) is 3.09. The van der Waals surface area contributed by atoms with Crippen molar-refractivity contribution in [1.29, 1.82) is 0 Å². The molecule has 0 aliphatic rings. The van der Waals surface area contributed by atoms with Crippen molar-refractivity contribution in [3.05, 3.63) is 39.9 Å². The standard InChI is InChI=1S/C7H5NO4.Ni/c9-7(10)5-1-3-6(4-2-5)8(11)12;/h1-4H,(H,9,10);. The number of rotatable bonds is 2. The molecule has 0 saturated heterocycles. The molecule has 0 amide bonds. The van der Waals surface area contributed by atoms with Gasteiger partial charge in [0.2, 0.25) is 0 Å². The molecule has 72 valence electrons. The summed E-state index contributed by atoms with van der Waals surface area (Å²) in [4.78, 5) is 19.9. The zero-order chi connectivity index (χ0) is 9.14. The summed E-state index contributed by atoms with van der Waals surface area (Å²) in [6.07, 6.45) is 0. The Balaban J connectivity index is 0.00000144. The fourth-order valence-electron chi connectivity index (χ4n) is 0.726. The summed E-state index contributed by atoms with van der Waals surface area (Å²) >= 11 is 0. The quantitative estimate of drug-likeness (QED) is 0.467. The number of benzene rings is 1. The van der Waals surface area contributed by atoms with Gasteiger partial charge in [-0.3, -0.25) is 10.1 Å². The molecule has 0 aliphatic carbocycles. The van der Waals surface area contributed by atoms with E-state index in [9.17, 15) is 14.9 Å². The Kier molecular flexibility index (Phi) is 4.07. The molecule has 0 radical (unpaired) electrons. The Morgan fingerprint density at radius 2 is 1.77 bits per heavy atom. The van der Waals surface area contributed by atoms with Crippen LogP contribution < -0.4 is 0 Å². The maximum Gasteiger partial charge on any atom is 0.335 e. The van der Waals surface area contributed by atoms with E-state index in [0.717, 1.165) is 12.1 Å². The fourth-order valence-corrected chi connectivity index (χ4v) is 0.726. The van der Waals surface area contributed by atoms with Crippen LogP contribution in [0.25, 0.3) is 0 Å². The van der Waals surface area contributed by atoms with Crippen molar-refractivity contribution in [3.63, 3.8) is 0 Å². The predicted molar refractivity (Wildman–Crippen MR) is 40.1 cm³/mol. The monoisotopic (exact) mass is 225 g/mol. The topological polar surface area (TPSA) is 80.4 Å². The van der Waals surface area contributed by atoms with E-state index in [1.807, 2.05) is 0 Å². The molecule has 0 atom stereocenters. The fraction of sp³-hybridized carbons (Fsp3) is 0. The molecule has 0 spiro atoms. The normalized spacial score (nSPS) is 8.62. The van der Waals surface area contributed by atoms with Gasteiger partial charge in [0.15, 0.2) is 0 Å². The SMILES string of the molecule is O=C(O)c1ccc([N+](=O)[O-])cc1.[Ni]. The van der Waals surface area contributed by atoms with Crippen molar-refractivity contribution < 1.29 is 31.3 Å². The minimum Gasteiger partial charge on any atom is -0.478 e. The molecular weight excluding hydrogens is 221 g/mol. The van der Waals surface area contributed by atoms with E-state index in [4.69, 9.17) is 5.11 Å². The summed E-state index contributed by atoms with van der Waals surface area (Å²) in [7, 11) is 0. The Labute approximate surface area is 83.5 Å². The van der Waals surface area contributed by atoms with Crippen molar-refractivity contribution >= 4 is 11.7 Å². The van der Waals surface area contributed by atoms with Gasteiger partial charge >= 0.3 is 5.97 Å². The third-order valence-corrected chi connectivity index (χ3v) is 1.33. The second-order valence-corrected chi connectivity index (χ2v) is 2.11. The van der Waals surface area contributed by atoms with E-state index in [-0.39, 0.29) is 27.7 Å².